The Morgan fingerprint density at radius 1 is 1.20 bits per heavy atom. The van der Waals surface area contributed by atoms with E-state index in [-0.39, 0.29) is 24.4 Å². The number of carbonyl (C=O) groups excluding carboxylic acids is 1. The summed E-state index contributed by atoms with van der Waals surface area (Å²) in [5.74, 6) is -0.397. The molecule has 0 fully saturated rings. The van der Waals surface area contributed by atoms with Crippen molar-refractivity contribution in [3.63, 3.8) is 0 Å². The average molecular weight is 286 g/mol. The minimum absolute atomic E-state index is 0.0100. The molecule has 0 radical (unpaired) electrons. The summed E-state index contributed by atoms with van der Waals surface area (Å²) in [6, 6.07) is -0.0503. The lowest BCUT2D eigenvalue weighted by molar-refractivity contribution is -0.138. The van der Waals surface area contributed by atoms with Crippen molar-refractivity contribution in [2.24, 2.45) is 11.8 Å². The van der Waals surface area contributed by atoms with E-state index in [1.807, 2.05) is 6.92 Å². The van der Waals surface area contributed by atoms with Crippen molar-refractivity contribution in [3.8, 4) is 0 Å². The monoisotopic (exact) mass is 286 g/mol. The highest BCUT2D eigenvalue weighted by Gasteiger charge is 2.16. The Hall–Kier alpha value is -1.26. The van der Waals surface area contributed by atoms with E-state index in [1.54, 1.807) is 0 Å². The molecule has 2 amide bonds. The Morgan fingerprint density at radius 3 is 2.35 bits per heavy atom. The normalized spacial score (nSPS) is 13.8. The van der Waals surface area contributed by atoms with Gasteiger partial charge in [-0.15, -0.1) is 0 Å². The molecule has 0 aromatic heterocycles. The molecule has 0 rings (SSSR count). The first-order valence-electron chi connectivity index (χ1n) is 7.61. The molecule has 1 unspecified atom stereocenters. The van der Waals surface area contributed by atoms with Crippen LogP contribution < -0.4 is 10.6 Å². The fourth-order valence-electron chi connectivity index (χ4n) is 2.25. The van der Waals surface area contributed by atoms with Gasteiger partial charge in [-0.3, -0.25) is 4.79 Å². The standard InChI is InChI=1S/C15H30N2O3/c1-5-6-7-12(4)17-15(20)16-10-13(8-11(2)3)9-14(18)19/h11-13H,5-10H2,1-4H3,(H,18,19)(H2,16,17,20)/t12?,13-/m0/s1. The molecule has 0 aliphatic rings. The minimum atomic E-state index is -0.811. The van der Waals surface area contributed by atoms with Crippen molar-refractivity contribution in [3.05, 3.63) is 0 Å². The third kappa shape index (κ3) is 10.6. The molecule has 0 saturated heterocycles. The Balaban J connectivity index is 4.06. The minimum Gasteiger partial charge on any atom is -0.481 e. The summed E-state index contributed by atoms with van der Waals surface area (Å²) in [6.45, 7) is 8.63. The lowest BCUT2D eigenvalue weighted by Gasteiger charge is -2.19. The second-order valence-corrected chi connectivity index (χ2v) is 5.99. The van der Waals surface area contributed by atoms with Crippen molar-refractivity contribution >= 4 is 12.0 Å². The summed E-state index contributed by atoms with van der Waals surface area (Å²) in [5.41, 5.74) is 0. The largest absolute Gasteiger partial charge is 0.481 e. The number of nitrogens with one attached hydrogen (secondary N) is 2. The van der Waals surface area contributed by atoms with Gasteiger partial charge in [-0.1, -0.05) is 33.6 Å². The van der Waals surface area contributed by atoms with E-state index < -0.39 is 5.97 Å². The van der Waals surface area contributed by atoms with E-state index >= 15 is 0 Å². The van der Waals surface area contributed by atoms with Gasteiger partial charge < -0.3 is 15.7 Å². The van der Waals surface area contributed by atoms with E-state index in [9.17, 15) is 9.59 Å². The molecule has 3 N–H and O–H groups in total. The third-order valence-corrected chi connectivity index (χ3v) is 3.19. The fourth-order valence-corrected chi connectivity index (χ4v) is 2.25. The van der Waals surface area contributed by atoms with Gasteiger partial charge >= 0.3 is 12.0 Å². The van der Waals surface area contributed by atoms with E-state index in [1.165, 1.54) is 0 Å². The van der Waals surface area contributed by atoms with Crippen molar-refractivity contribution in [1.82, 2.24) is 10.6 Å². The number of carboxylic acids is 1. The van der Waals surface area contributed by atoms with E-state index in [0.29, 0.717) is 12.5 Å². The molecule has 2 atom stereocenters. The molecule has 20 heavy (non-hydrogen) atoms. The Labute approximate surface area is 122 Å². The molecular formula is C15H30N2O3. The van der Waals surface area contributed by atoms with Crippen LogP contribution >= 0.6 is 0 Å². The van der Waals surface area contributed by atoms with Gasteiger partial charge in [-0.05, 0) is 31.6 Å². The lowest BCUT2D eigenvalue weighted by atomic mass is 9.94. The van der Waals surface area contributed by atoms with Crippen LogP contribution in [0, 0.1) is 11.8 Å². The van der Waals surface area contributed by atoms with Crippen molar-refractivity contribution in [2.75, 3.05) is 6.54 Å². The Bertz CT molecular complexity index is 293. The number of aliphatic carboxylic acids is 1. The number of carbonyl (C=O) groups is 2. The summed E-state index contributed by atoms with van der Waals surface area (Å²) in [4.78, 5) is 22.5. The molecule has 0 aromatic rings. The van der Waals surface area contributed by atoms with Crippen LogP contribution in [-0.2, 0) is 4.79 Å². The summed E-state index contributed by atoms with van der Waals surface area (Å²) in [7, 11) is 0. The number of hydrogen-bond donors (Lipinski definition) is 3. The third-order valence-electron chi connectivity index (χ3n) is 3.19. The van der Waals surface area contributed by atoms with E-state index in [4.69, 9.17) is 5.11 Å². The zero-order valence-electron chi connectivity index (χ0n) is 13.2. The molecule has 0 aliphatic carbocycles. The van der Waals surface area contributed by atoms with Gasteiger partial charge in [-0.25, -0.2) is 4.79 Å². The molecular weight excluding hydrogens is 256 g/mol. The Kier molecular flexibility index (Phi) is 9.86. The van der Waals surface area contributed by atoms with Gasteiger partial charge in [0, 0.05) is 19.0 Å². The van der Waals surface area contributed by atoms with Crippen molar-refractivity contribution in [2.45, 2.75) is 65.8 Å². The first kappa shape index (κ1) is 18.7. The quantitative estimate of drug-likeness (QED) is 0.577. The van der Waals surface area contributed by atoms with Crippen molar-refractivity contribution in [1.29, 1.82) is 0 Å². The molecule has 0 spiro atoms. The zero-order valence-corrected chi connectivity index (χ0v) is 13.2. The molecule has 0 bridgehead atoms. The summed E-state index contributed by atoms with van der Waals surface area (Å²) in [5, 5.41) is 14.5. The molecule has 5 heteroatoms. The first-order valence-corrected chi connectivity index (χ1v) is 7.61. The predicted octanol–water partition coefficient (Wildman–Crippen LogP) is 3.00. The highest BCUT2D eigenvalue weighted by Crippen LogP contribution is 2.14. The number of hydrogen-bond acceptors (Lipinski definition) is 2. The molecule has 5 nitrogen and oxygen atoms in total. The number of rotatable bonds is 10. The fraction of sp³-hybridized carbons (Fsp3) is 0.867. The molecule has 118 valence electrons. The van der Waals surface area contributed by atoms with Gasteiger partial charge in [-0.2, -0.15) is 0 Å². The molecule has 0 aromatic carbocycles. The Morgan fingerprint density at radius 2 is 1.85 bits per heavy atom. The lowest BCUT2D eigenvalue weighted by Crippen LogP contribution is -2.42. The van der Waals surface area contributed by atoms with Crippen LogP contribution in [0.25, 0.3) is 0 Å². The maximum Gasteiger partial charge on any atom is 0.315 e. The average Bonchev–Trinajstić information content (AvgIpc) is 2.32. The van der Waals surface area contributed by atoms with Crippen LogP contribution in [0.4, 0.5) is 4.79 Å². The SMILES string of the molecule is CCCCC(C)NC(=O)NC[C@H](CC(=O)O)CC(C)C. The second kappa shape index (κ2) is 10.5. The highest BCUT2D eigenvalue weighted by atomic mass is 16.4. The van der Waals surface area contributed by atoms with Gasteiger partial charge in [0.15, 0.2) is 0 Å². The second-order valence-electron chi connectivity index (χ2n) is 5.99. The van der Waals surface area contributed by atoms with Crippen LogP contribution in [0.5, 0.6) is 0 Å². The summed E-state index contributed by atoms with van der Waals surface area (Å²) in [6.07, 6.45) is 4.08. The van der Waals surface area contributed by atoms with Crippen molar-refractivity contribution < 1.29 is 14.7 Å². The van der Waals surface area contributed by atoms with E-state index in [0.717, 1.165) is 25.7 Å². The summed E-state index contributed by atoms with van der Waals surface area (Å²) >= 11 is 0. The smallest absolute Gasteiger partial charge is 0.315 e. The van der Waals surface area contributed by atoms with Crippen LogP contribution in [0.3, 0.4) is 0 Å². The van der Waals surface area contributed by atoms with Crippen LogP contribution in [0.1, 0.15) is 59.8 Å². The first-order chi connectivity index (χ1) is 9.35. The number of urea groups is 1. The van der Waals surface area contributed by atoms with Crippen LogP contribution in [-0.4, -0.2) is 29.7 Å². The van der Waals surface area contributed by atoms with Gasteiger partial charge in [0.1, 0.15) is 0 Å². The van der Waals surface area contributed by atoms with Gasteiger partial charge in [0.25, 0.3) is 0 Å². The predicted molar refractivity (Wildman–Crippen MR) is 80.7 cm³/mol. The zero-order chi connectivity index (χ0) is 15.5. The van der Waals surface area contributed by atoms with Gasteiger partial charge in [0.2, 0.25) is 0 Å². The summed E-state index contributed by atoms with van der Waals surface area (Å²) < 4.78 is 0. The molecule has 0 heterocycles. The number of unbranched alkanes of at least 4 members (excludes halogenated alkanes) is 1. The molecule has 0 saturated carbocycles. The highest BCUT2D eigenvalue weighted by molar-refractivity contribution is 5.74. The van der Waals surface area contributed by atoms with Crippen LogP contribution in [0.15, 0.2) is 0 Å². The van der Waals surface area contributed by atoms with Crippen LogP contribution in [0.2, 0.25) is 0 Å². The maximum atomic E-state index is 11.7. The van der Waals surface area contributed by atoms with Gasteiger partial charge in [0.05, 0.1) is 0 Å². The number of amides is 2. The topological polar surface area (TPSA) is 78.4 Å². The number of carboxylic acid groups (broad SMARTS) is 1. The maximum absolute atomic E-state index is 11.7. The molecule has 0 aliphatic heterocycles. The van der Waals surface area contributed by atoms with E-state index in [2.05, 4.69) is 31.4 Å².